The molecular formula is C22F34O3. The van der Waals surface area contributed by atoms with Crippen LogP contribution in [-0.2, 0) is 14.3 Å². The summed E-state index contributed by atoms with van der Waals surface area (Å²) in [4.78, 5) is 24.4. The first kappa shape index (κ1) is 48.4. The second kappa shape index (κ2) is 10.3. The van der Waals surface area contributed by atoms with Gasteiger partial charge in [0.1, 0.15) is 0 Å². The highest BCUT2D eigenvalue weighted by Crippen LogP contribution is 2.83. The van der Waals surface area contributed by atoms with Crippen molar-refractivity contribution in [1.82, 2.24) is 0 Å². The number of hydrogen-bond acceptors (Lipinski definition) is 3. The first-order valence-electron chi connectivity index (χ1n) is 13.2. The summed E-state index contributed by atoms with van der Waals surface area (Å²) < 4.78 is 498. The molecule has 0 aromatic heterocycles. The van der Waals surface area contributed by atoms with Gasteiger partial charge in [-0.15, -0.1) is 0 Å². The van der Waals surface area contributed by atoms with Crippen molar-refractivity contribution in [3.63, 3.8) is 0 Å². The summed E-state index contributed by atoms with van der Waals surface area (Å²) in [6, 6.07) is 0. The predicted octanol–water partition coefficient (Wildman–Crippen LogP) is 9.25. The Labute approximate surface area is 293 Å². The summed E-state index contributed by atoms with van der Waals surface area (Å²) in [5.74, 6) is -145. The number of hydrogen-bond donors (Lipinski definition) is 0. The summed E-state index contributed by atoms with van der Waals surface area (Å²) in [7, 11) is 0. The van der Waals surface area contributed by atoms with Crippen molar-refractivity contribution in [2.75, 3.05) is 0 Å². The third-order valence-electron chi connectivity index (χ3n) is 10.1. The molecule has 0 bridgehead atoms. The molecule has 344 valence electrons. The van der Waals surface area contributed by atoms with E-state index in [1.54, 1.807) is 0 Å². The van der Waals surface area contributed by atoms with Crippen LogP contribution in [0.4, 0.5) is 149 Å². The van der Waals surface area contributed by atoms with Crippen LogP contribution < -0.4 is 0 Å². The second-order valence-electron chi connectivity index (χ2n) is 12.7. The SMILES string of the molecule is O=C(OC(=O)C1(F)C(F)(F)C(F)(F)C(F)(F)C2(F)C(F)(F)C(F)(F)C(F)(F)C(F)(F)C12F)C1(F)C(F)(F)C(F)(F)C(F)(F)C2(F)C(F)(F)C(F)(F)C(F)(F)C(F)(F)C12F. The topological polar surface area (TPSA) is 43.4 Å². The molecule has 4 aliphatic rings. The Morgan fingerprint density at radius 3 is 0.508 bits per heavy atom. The number of fused-ring (bicyclic) bond motifs is 2. The van der Waals surface area contributed by atoms with Gasteiger partial charge < -0.3 is 4.74 Å². The van der Waals surface area contributed by atoms with Gasteiger partial charge in [-0.3, -0.25) is 0 Å². The Morgan fingerprint density at radius 1 is 0.203 bits per heavy atom. The number of alkyl halides is 34. The lowest BCUT2D eigenvalue weighted by Gasteiger charge is -2.64. The van der Waals surface area contributed by atoms with Gasteiger partial charge in [0.15, 0.2) is 0 Å². The van der Waals surface area contributed by atoms with Crippen molar-refractivity contribution in [3.8, 4) is 0 Å². The van der Waals surface area contributed by atoms with Crippen LogP contribution in [0.5, 0.6) is 0 Å². The van der Waals surface area contributed by atoms with E-state index < -0.39 is 129 Å². The number of esters is 2. The third kappa shape index (κ3) is 3.43. The molecule has 37 heteroatoms. The van der Waals surface area contributed by atoms with E-state index in [0.717, 1.165) is 0 Å². The molecule has 4 rings (SSSR count). The van der Waals surface area contributed by atoms with Crippen molar-refractivity contribution in [2.45, 2.75) is 117 Å². The van der Waals surface area contributed by atoms with Gasteiger partial charge in [-0.2, -0.15) is 123 Å². The molecule has 0 aromatic carbocycles. The van der Waals surface area contributed by atoms with Gasteiger partial charge in [-0.05, 0) is 0 Å². The highest BCUT2D eigenvalue weighted by molar-refractivity contribution is 5.98. The Kier molecular flexibility index (Phi) is 8.48. The molecular weight excluding hydrogens is 958 g/mol. The molecule has 0 N–H and O–H groups in total. The maximum absolute atomic E-state index is 15.9. The highest BCUT2D eigenvalue weighted by Gasteiger charge is 3.18. The molecule has 6 unspecified atom stereocenters. The van der Waals surface area contributed by atoms with Crippen molar-refractivity contribution in [3.05, 3.63) is 0 Å². The molecule has 0 spiro atoms. The summed E-state index contributed by atoms with van der Waals surface area (Å²) in [6.45, 7) is 0. The monoisotopic (exact) mass is 958 g/mol. The summed E-state index contributed by atoms with van der Waals surface area (Å²) >= 11 is 0. The standard InChI is InChI=1S/C22F34O3/c23-3(5(25)7(27,13(37,38)17(45,46)9(3,29)30)15(41,42)21(53,54)19(49,50)11(5,33)34)1(57)59-2(58)4(24)6(26)8(28,14(39,40)18(47,48)10(4,31)32)16(43,44)22(55,56)20(51,52)12(6,35)36. The van der Waals surface area contributed by atoms with Crippen LogP contribution in [-0.4, -0.2) is 129 Å². The maximum atomic E-state index is 15.9. The van der Waals surface area contributed by atoms with Gasteiger partial charge in [-0.1, -0.05) is 0 Å². The lowest BCUT2D eigenvalue weighted by Crippen LogP contribution is -3.00. The van der Waals surface area contributed by atoms with Crippen LogP contribution in [0.25, 0.3) is 0 Å². The van der Waals surface area contributed by atoms with Crippen molar-refractivity contribution < 1.29 is 164 Å². The molecule has 0 heterocycles. The summed E-state index contributed by atoms with van der Waals surface area (Å²) in [6.07, 6.45) is 0. The zero-order chi connectivity index (χ0) is 47.9. The molecule has 0 saturated heterocycles. The molecule has 0 aromatic rings. The van der Waals surface area contributed by atoms with Crippen LogP contribution >= 0.6 is 0 Å². The summed E-state index contributed by atoms with van der Waals surface area (Å²) in [5.41, 5.74) is -59.2. The molecule has 4 saturated carbocycles. The Bertz CT molecular complexity index is 1730. The third-order valence-corrected chi connectivity index (χ3v) is 10.1. The highest BCUT2D eigenvalue weighted by atomic mass is 19.4. The molecule has 59 heavy (non-hydrogen) atoms. The van der Waals surface area contributed by atoms with E-state index in [4.69, 9.17) is 0 Å². The molecule has 6 atom stereocenters. The fraction of sp³-hybridized carbons (Fsp3) is 0.909. The van der Waals surface area contributed by atoms with Crippen LogP contribution in [0, 0.1) is 0 Å². The zero-order valence-electron chi connectivity index (χ0n) is 25.1. The van der Waals surface area contributed by atoms with E-state index in [1.165, 1.54) is 4.74 Å². The first-order chi connectivity index (χ1) is 25.0. The second-order valence-corrected chi connectivity index (χ2v) is 12.7. The van der Waals surface area contributed by atoms with Gasteiger partial charge in [-0.25, -0.2) is 35.9 Å². The predicted molar refractivity (Wildman–Crippen MR) is 103 cm³/mol. The van der Waals surface area contributed by atoms with E-state index in [1.807, 2.05) is 0 Å². The molecule has 3 nitrogen and oxygen atoms in total. The van der Waals surface area contributed by atoms with E-state index >= 15 is 26.3 Å². The minimum absolute atomic E-state index is 1.43. The summed E-state index contributed by atoms with van der Waals surface area (Å²) in [5, 5.41) is 0. The number of carbonyl (C=O) groups is 2. The first-order valence-corrected chi connectivity index (χ1v) is 13.2. The van der Waals surface area contributed by atoms with Crippen LogP contribution in [0.2, 0.25) is 0 Å². The van der Waals surface area contributed by atoms with Crippen LogP contribution in [0.3, 0.4) is 0 Å². The van der Waals surface area contributed by atoms with Crippen molar-refractivity contribution in [2.24, 2.45) is 0 Å². The number of rotatable bonds is 2. The van der Waals surface area contributed by atoms with Crippen molar-refractivity contribution >= 4 is 11.9 Å². The van der Waals surface area contributed by atoms with E-state index in [2.05, 4.69) is 0 Å². The van der Waals surface area contributed by atoms with E-state index in [0.29, 0.717) is 0 Å². The van der Waals surface area contributed by atoms with Gasteiger partial charge in [0.25, 0.3) is 22.7 Å². The largest absolute Gasteiger partial charge is 0.388 e. The van der Waals surface area contributed by atoms with Gasteiger partial charge in [0.05, 0.1) is 0 Å². The minimum atomic E-state index is -10.0. The fourth-order valence-corrected chi connectivity index (χ4v) is 6.71. The average molecular weight is 958 g/mol. The van der Waals surface area contributed by atoms with E-state index in [-0.39, 0.29) is 0 Å². The molecule has 0 amide bonds. The van der Waals surface area contributed by atoms with Gasteiger partial charge in [0.2, 0.25) is 0 Å². The lowest BCUT2D eigenvalue weighted by atomic mass is 9.50. The minimum Gasteiger partial charge on any atom is -0.388 e. The average Bonchev–Trinajstić information content (AvgIpc) is 3.05. The van der Waals surface area contributed by atoms with Crippen LogP contribution in [0.1, 0.15) is 0 Å². The maximum Gasteiger partial charge on any atom is 0.382 e. The number of halogens is 34. The normalized spacial score (nSPS) is 44.8. The quantitative estimate of drug-likeness (QED) is 0.158. The Hall–Kier alpha value is -3.24. The lowest BCUT2D eigenvalue weighted by molar-refractivity contribution is -0.544. The smallest absolute Gasteiger partial charge is 0.382 e. The number of ether oxygens (including phenoxy) is 1. The Balaban J connectivity index is 2.23. The molecule has 0 aliphatic heterocycles. The van der Waals surface area contributed by atoms with E-state index in [9.17, 15) is 133 Å². The number of carbonyl (C=O) groups excluding carboxylic acids is 2. The van der Waals surface area contributed by atoms with Gasteiger partial charge in [0, 0.05) is 0 Å². The molecule has 4 aliphatic carbocycles. The van der Waals surface area contributed by atoms with Crippen LogP contribution in [0.15, 0.2) is 0 Å². The molecule has 4 fully saturated rings. The van der Waals surface area contributed by atoms with Gasteiger partial charge >= 0.3 is 106 Å². The Morgan fingerprint density at radius 2 is 0.339 bits per heavy atom. The molecule has 0 radical (unpaired) electrons. The van der Waals surface area contributed by atoms with Crippen molar-refractivity contribution in [1.29, 1.82) is 0 Å². The fourth-order valence-electron chi connectivity index (χ4n) is 6.71. The zero-order valence-corrected chi connectivity index (χ0v) is 25.1.